The number of imidazole rings is 4. The van der Waals surface area contributed by atoms with E-state index in [0.29, 0.717) is 60.3 Å². The summed E-state index contributed by atoms with van der Waals surface area (Å²) < 4.78 is 8.27. The van der Waals surface area contributed by atoms with Crippen molar-refractivity contribution in [1.82, 2.24) is 43.3 Å². The molecule has 0 radical (unpaired) electrons. The summed E-state index contributed by atoms with van der Waals surface area (Å²) in [6.07, 6.45) is 14.1. The molecule has 24 heteroatoms. The van der Waals surface area contributed by atoms with Crippen LogP contribution < -0.4 is 19.6 Å². The van der Waals surface area contributed by atoms with Crippen LogP contribution in [0.3, 0.4) is 0 Å². The summed E-state index contributed by atoms with van der Waals surface area (Å²) in [5.41, 5.74) is 22.1. The molecule has 3 aliphatic heterocycles. The number of aromatic nitrogens is 8. The van der Waals surface area contributed by atoms with Crippen LogP contribution in [0.4, 0.5) is 22.7 Å². The van der Waals surface area contributed by atoms with E-state index in [-0.39, 0.29) is 43.1 Å². The highest BCUT2D eigenvalue weighted by atomic mass is 16.7. The molecular weight excluding hydrogens is 1780 g/mol. The van der Waals surface area contributed by atoms with Crippen molar-refractivity contribution in [3.63, 3.8) is 0 Å². The van der Waals surface area contributed by atoms with E-state index < -0.39 is 11.8 Å². The maximum Gasteiger partial charge on any atom is 0.285 e. The molecule has 17 aromatic rings. The van der Waals surface area contributed by atoms with Gasteiger partial charge < -0.3 is 78.7 Å². The van der Waals surface area contributed by atoms with Gasteiger partial charge in [0.05, 0.1) is 78.1 Å². The number of benzene rings is 13. The van der Waals surface area contributed by atoms with Gasteiger partial charge in [-0.25, -0.2) is 19.9 Å². The number of rotatable bonds is 29. The maximum atomic E-state index is 12.6. The Kier molecular flexibility index (Phi) is 35.5. The normalized spacial score (nSPS) is 13.7. The summed E-state index contributed by atoms with van der Waals surface area (Å²) in [6, 6.07) is 113. The summed E-state index contributed by atoms with van der Waals surface area (Å²) in [6.45, 7) is 15.0. The molecule has 0 spiro atoms. The van der Waals surface area contributed by atoms with Gasteiger partial charge in [0.25, 0.3) is 11.8 Å². The quantitative estimate of drug-likeness (QED) is 0.0202. The lowest BCUT2D eigenvalue weighted by atomic mass is 10.1. The van der Waals surface area contributed by atoms with Crippen molar-refractivity contribution in [2.45, 2.75) is 117 Å². The van der Waals surface area contributed by atoms with Gasteiger partial charge in [-0.1, -0.05) is 258 Å². The first kappa shape index (κ1) is 100. The molecule has 2 atom stereocenters. The van der Waals surface area contributed by atoms with E-state index in [1.807, 2.05) is 173 Å². The second kappa shape index (κ2) is 50.3. The highest BCUT2D eigenvalue weighted by molar-refractivity contribution is 6.20. The number of para-hydroxylation sites is 2. The predicted octanol–water partition coefficient (Wildman–Crippen LogP) is 20.8. The van der Waals surface area contributed by atoms with Crippen LogP contribution in [-0.4, -0.2) is 161 Å². The third-order valence-electron chi connectivity index (χ3n) is 25.3. The number of hydrogen-bond donors (Lipinski definition) is 8. The van der Waals surface area contributed by atoms with E-state index in [4.69, 9.17) is 4.84 Å². The van der Waals surface area contributed by atoms with Gasteiger partial charge in [-0.15, -0.1) is 5.06 Å². The lowest BCUT2D eigenvalue weighted by molar-refractivity contribution is -0.0905. The van der Waals surface area contributed by atoms with E-state index in [1.165, 1.54) is 28.3 Å². The Bertz CT molecular complexity index is 6810. The largest absolute Gasteiger partial charge is 0.508 e. The second-order valence-corrected chi connectivity index (χ2v) is 35.1. The minimum atomic E-state index is -0.446. The average molecular weight is 1900 g/mol. The van der Waals surface area contributed by atoms with Gasteiger partial charge in [0.1, 0.15) is 34.5 Å². The number of hydroxylamine groups is 2. The number of anilines is 4. The van der Waals surface area contributed by atoms with Gasteiger partial charge in [-0.3, -0.25) is 14.4 Å². The number of aromatic hydroxyl groups is 6. The predicted molar refractivity (Wildman–Crippen MR) is 561 cm³/mol. The molecule has 0 bridgehead atoms. The lowest BCUT2D eigenvalue weighted by Crippen LogP contribution is -2.53. The van der Waals surface area contributed by atoms with Crippen LogP contribution in [0, 0.1) is 0 Å². The van der Waals surface area contributed by atoms with Crippen molar-refractivity contribution in [2.75, 3.05) is 72.1 Å². The number of carbonyl (C=O) groups excluding carboxylic acids is 2. The summed E-state index contributed by atoms with van der Waals surface area (Å²) in [5, 5.41) is 77.9. The smallest absolute Gasteiger partial charge is 0.285 e. The van der Waals surface area contributed by atoms with Crippen LogP contribution in [0.1, 0.15) is 128 Å². The molecule has 4 aromatic heterocycles. The number of amides is 2. The molecule has 24 nitrogen and oxygen atoms in total. The van der Waals surface area contributed by atoms with Crippen LogP contribution in [0.25, 0.3) is 22.5 Å². The molecule has 13 aromatic carbocycles. The summed E-state index contributed by atoms with van der Waals surface area (Å²) in [4.78, 5) is 58.6. The summed E-state index contributed by atoms with van der Waals surface area (Å²) in [5.74, 6) is 0.785. The molecule has 0 saturated carbocycles. The standard InChI is InChI=1S/C27H23N3O4.2C19H20N2O.C18H22N2O2.C18H22N2O.C17H16N2O2/c31-21-10-6-9-20(15-21)17-29-18-28-24(16-19-7-2-1-3-8-19)25(29)13-14-34-30-26(32)22-11-4-5-12-23(22)27(30)33;1-2-19-18(12-15-7-4-3-5-8-15)20-14-21(19)13-16-9-6-10-17(22)11-16;1-2-7-18-19(16-9-4-3-5-10-16)20-14-21(18)13-15-8-6-11-17(22)12-15;21-12-9-17-14-19(15-5-2-1-3-6-15)10-11-20(17)16-7-4-8-18(22)13-16;1-2-15-14-19(16-7-4-3-5-8-16)11-12-20(15)17-9-6-10-18(21)13-17;20-11-16-17(14-6-2-1-3-7-14)18-12-19(16)10-13-5-4-8-15(21)9-13/h1-12,15,18,31H,13-14,16-17H2;3-11,14,22H,2,12-13H2,1H3;3-6,8-12,14,22H,2,7,13H2,1H3;1-8,13,17,21-22H,9-12,14H2;3-10,13,15,21H,2,11-12,14H2,1H3;1-9,12,20-21H,10-11H2. The highest BCUT2D eigenvalue weighted by Crippen LogP contribution is 2.34. The first-order chi connectivity index (χ1) is 69.5. The average Bonchev–Trinajstić information content (AvgIpc) is 1.63. The van der Waals surface area contributed by atoms with E-state index in [1.54, 1.807) is 116 Å². The van der Waals surface area contributed by atoms with E-state index >= 15 is 0 Å². The fourth-order valence-electron chi connectivity index (χ4n) is 18.3. The number of imide groups is 1. The minimum absolute atomic E-state index is 0.0803. The third kappa shape index (κ3) is 27.0. The molecule has 0 aliphatic carbocycles. The summed E-state index contributed by atoms with van der Waals surface area (Å²) >= 11 is 0. The van der Waals surface area contributed by atoms with Crippen molar-refractivity contribution in [3.05, 3.63) is 456 Å². The number of carbonyl (C=O) groups is 2. The zero-order chi connectivity index (χ0) is 98.9. The summed E-state index contributed by atoms with van der Waals surface area (Å²) in [7, 11) is 0. The number of aliphatic hydroxyl groups is 2. The third-order valence-corrected chi connectivity index (χ3v) is 25.3. The van der Waals surface area contributed by atoms with E-state index in [9.17, 15) is 50.4 Å². The molecule has 2 fully saturated rings. The van der Waals surface area contributed by atoms with Crippen LogP contribution in [0.2, 0.25) is 0 Å². The van der Waals surface area contributed by atoms with Gasteiger partial charge in [-0.2, -0.15) is 0 Å². The first-order valence-electron chi connectivity index (χ1n) is 48.4. The zero-order valence-electron chi connectivity index (χ0n) is 80.4. The lowest BCUT2D eigenvalue weighted by Gasteiger charge is -2.43. The Labute approximate surface area is 830 Å². The van der Waals surface area contributed by atoms with Gasteiger partial charge >= 0.3 is 0 Å². The van der Waals surface area contributed by atoms with Gasteiger partial charge in [0.15, 0.2) is 0 Å². The molecule has 2 amide bonds. The Morgan fingerprint density at radius 1 is 0.331 bits per heavy atom. The molecule has 8 N–H and O–H groups in total. The number of phenols is 6. The fraction of sp³-hybridized carbons (Fsp3) is 0.220. The molecule has 2 saturated heterocycles. The number of hydrogen-bond acceptors (Lipinski definition) is 19. The minimum Gasteiger partial charge on any atom is -0.508 e. The molecule has 20 rings (SSSR count). The van der Waals surface area contributed by atoms with Gasteiger partial charge in [0.2, 0.25) is 0 Å². The Morgan fingerprint density at radius 2 is 0.669 bits per heavy atom. The molecular formula is C118H123N13O11. The van der Waals surface area contributed by atoms with Gasteiger partial charge in [-0.05, 0) is 168 Å². The van der Waals surface area contributed by atoms with Crippen LogP contribution in [0.5, 0.6) is 34.5 Å². The molecule has 726 valence electrons. The number of fused-ring (bicyclic) bond motifs is 1. The van der Waals surface area contributed by atoms with Crippen molar-refractivity contribution in [1.29, 1.82) is 0 Å². The molecule has 2 unspecified atom stereocenters. The Morgan fingerprint density at radius 3 is 1.06 bits per heavy atom. The van der Waals surface area contributed by atoms with Crippen molar-refractivity contribution < 1.29 is 55.3 Å². The van der Waals surface area contributed by atoms with Crippen LogP contribution in [-0.2, 0) is 69.7 Å². The fourth-order valence-corrected chi connectivity index (χ4v) is 18.3. The topological polar surface area (TPSA) is 293 Å². The molecule has 7 heterocycles. The second-order valence-electron chi connectivity index (χ2n) is 35.1. The SMILES string of the molecule is CCC1CN(c2ccccc2)CCN1c1cccc(O)c1.CCCc1c(-c2ccccc2)ncn1Cc1cccc(O)c1.CCc1c(Cc2ccccc2)ncn1Cc1cccc(O)c1.O=C1c2ccccc2C(=O)N1OCCc1c(Cc2ccccc2)ncn1Cc1cccc(O)c1.OCCC1CN(c2ccccc2)CCN1c1cccc(O)c1.OCc1c(-c2ccccc2)ncn1Cc1cccc(O)c1. The van der Waals surface area contributed by atoms with Crippen LogP contribution >= 0.6 is 0 Å². The zero-order valence-corrected chi connectivity index (χ0v) is 80.4. The maximum absolute atomic E-state index is 12.6. The van der Waals surface area contributed by atoms with Crippen molar-refractivity contribution in [3.8, 4) is 57.0 Å². The number of nitrogens with zero attached hydrogens (tertiary/aromatic N) is 13. The van der Waals surface area contributed by atoms with Crippen molar-refractivity contribution in [2.24, 2.45) is 0 Å². The molecule has 3 aliphatic rings. The number of piperazine rings is 2. The Hall–Kier alpha value is -16.3. The number of phenolic OH excluding ortho intramolecular Hbond substituents is 6. The van der Waals surface area contributed by atoms with Gasteiger partial charge in [0, 0.05) is 166 Å². The first-order valence-corrected chi connectivity index (χ1v) is 48.4. The van der Waals surface area contributed by atoms with Crippen molar-refractivity contribution >= 4 is 34.6 Å². The van der Waals surface area contributed by atoms with Crippen LogP contribution in [0.15, 0.2) is 377 Å². The molecule has 142 heavy (non-hydrogen) atoms. The monoisotopic (exact) mass is 1900 g/mol. The van der Waals surface area contributed by atoms with E-state index in [0.717, 1.165) is 180 Å². The Balaban J connectivity index is 0.000000130. The van der Waals surface area contributed by atoms with E-state index in [2.05, 4.69) is 167 Å². The highest BCUT2D eigenvalue weighted by Gasteiger charge is 2.37. The number of aliphatic hydroxyl groups excluding tert-OH is 2.